The number of hydrogen-bond donors (Lipinski definition) is 2. The molecule has 0 aliphatic carbocycles. The van der Waals surface area contributed by atoms with Gasteiger partial charge in [0.25, 0.3) is 5.91 Å². The first-order valence-electron chi connectivity index (χ1n) is 10.3. The molecule has 0 spiro atoms. The Bertz CT molecular complexity index is 1290. The van der Waals surface area contributed by atoms with E-state index in [-0.39, 0.29) is 36.0 Å². The van der Waals surface area contributed by atoms with Crippen LogP contribution in [-0.2, 0) is 31.4 Å². The number of ether oxygens (including phenoxy) is 2. The topological polar surface area (TPSA) is 136 Å². The Balaban J connectivity index is 1.62. The van der Waals surface area contributed by atoms with E-state index in [0.717, 1.165) is 7.11 Å². The molecule has 13 heteroatoms. The zero-order chi connectivity index (χ0) is 24.8. The van der Waals surface area contributed by atoms with E-state index in [1.807, 2.05) is 0 Å². The molecule has 1 aromatic heterocycles. The highest BCUT2D eigenvalue weighted by molar-refractivity contribution is 7.89. The number of carbonyl (C=O) groups excluding carboxylic acids is 3. The van der Waals surface area contributed by atoms with Gasteiger partial charge in [0, 0.05) is 44.0 Å². The van der Waals surface area contributed by atoms with Crippen LogP contribution in [0.1, 0.15) is 16.1 Å². The van der Waals surface area contributed by atoms with Crippen LogP contribution in [0.2, 0.25) is 0 Å². The molecule has 0 bridgehead atoms. The summed E-state index contributed by atoms with van der Waals surface area (Å²) in [6.07, 6.45) is 1.26. The third kappa shape index (κ3) is 4.23. The highest BCUT2D eigenvalue weighted by Crippen LogP contribution is 2.34. The number of aromatic nitrogens is 1. The van der Waals surface area contributed by atoms with E-state index in [0.29, 0.717) is 11.3 Å². The highest BCUT2D eigenvalue weighted by Gasteiger charge is 2.43. The summed E-state index contributed by atoms with van der Waals surface area (Å²) >= 11 is 0. The van der Waals surface area contributed by atoms with E-state index in [4.69, 9.17) is 4.74 Å². The number of anilines is 1. The van der Waals surface area contributed by atoms with E-state index >= 15 is 0 Å². The summed E-state index contributed by atoms with van der Waals surface area (Å²) in [6, 6.07) is 3.37. The monoisotopic (exact) mass is 494 g/mol. The molecule has 2 atom stereocenters. The number of benzene rings is 1. The zero-order valence-corrected chi connectivity index (χ0v) is 19.4. The first-order valence-corrected chi connectivity index (χ1v) is 11.8. The van der Waals surface area contributed by atoms with E-state index in [1.54, 1.807) is 6.92 Å². The first kappa shape index (κ1) is 23.7. The molecule has 2 aromatic rings. The fraction of sp³-hybridized carbons (Fsp3) is 0.381. The maximum absolute atomic E-state index is 13.6. The molecule has 4 rings (SSSR count). The zero-order valence-electron chi connectivity index (χ0n) is 18.6. The second-order valence-electron chi connectivity index (χ2n) is 8.20. The Labute approximate surface area is 194 Å². The standard InChI is InChI=1S/C21H23FN4O7S/c1-11-6-13(4-5-14(11)22)23-19(27)17-18-16(9-25(17)2)34(30,31)24-15-8-26(7-12(15)10-33-18)20(28)21(29)32-3/h4-6,9,12,15,24H,7-8,10H2,1-3H3,(H,23,27). The molecular formula is C21H23FN4O7S. The van der Waals surface area contributed by atoms with Crippen molar-refractivity contribution in [2.24, 2.45) is 13.0 Å². The third-order valence-corrected chi connectivity index (χ3v) is 7.34. The fourth-order valence-electron chi connectivity index (χ4n) is 4.09. The minimum Gasteiger partial charge on any atom is -0.489 e. The molecule has 0 radical (unpaired) electrons. The number of esters is 1. The van der Waals surface area contributed by atoms with E-state index in [1.165, 1.54) is 40.9 Å². The molecular weight excluding hydrogens is 471 g/mol. The number of nitrogens with one attached hydrogen (secondary N) is 2. The van der Waals surface area contributed by atoms with Gasteiger partial charge in [-0.15, -0.1) is 0 Å². The summed E-state index contributed by atoms with van der Waals surface area (Å²) in [5.41, 5.74) is 0.626. The average molecular weight is 495 g/mol. The van der Waals surface area contributed by atoms with Gasteiger partial charge in [-0.3, -0.25) is 9.59 Å². The highest BCUT2D eigenvalue weighted by atomic mass is 32.2. The van der Waals surface area contributed by atoms with Crippen molar-refractivity contribution in [3.05, 3.63) is 41.5 Å². The van der Waals surface area contributed by atoms with Crippen LogP contribution in [0.5, 0.6) is 5.75 Å². The summed E-state index contributed by atoms with van der Waals surface area (Å²) in [4.78, 5) is 37.8. The second kappa shape index (κ2) is 8.72. The van der Waals surface area contributed by atoms with Crippen molar-refractivity contribution in [2.75, 3.05) is 32.1 Å². The molecule has 182 valence electrons. The summed E-state index contributed by atoms with van der Waals surface area (Å²) in [6.45, 7) is 1.59. The largest absolute Gasteiger partial charge is 0.489 e. The van der Waals surface area contributed by atoms with Gasteiger partial charge < -0.3 is 24.3 Å². The Morgan fingerprint density at radius 3 is 2.68 bits per heavy atom. The van der Waals surface area contributed by atoms with Crippen molar-refractivity contribution in [2.45, 2.75) is 17.9 Å². The van der Waals surface area contributed by atoms with Crippen molar-refractivity contribution in [3.8, 4) is 5.75 Å². The van der Waals surface area contributed by atoms with Gasteiger partial charge in [0.05, 0.1) is 13.7 Å². The van der Waals surface area contributed by atoms with Crippen LogP contribution in [0.4, 0.5) is 10.1 Å². The summed E-state index contributed by atoms with van der Waals surface area (Å²) in [5, 5.41) is 2.63. The Hall–Kier alpha value is -3.45. The van der Waals surface area contributed by atoms with Crippen LogP contribution in [0.25, 0.3) is 0 Å². The van der Waals surface area contributed by atoms with Gasteiger partial charge in [-0.25, -0.2) is 22.3 Å². The van der Waals surface area contributed by atoms with Crippen LogP contribution in [0, 0.1) is 18.7 Å². The maximum Gasteiger partial charge on any atom is 0.396 e. The van der Waals surface area contributed by atoms with Crippen LogP contribution >= 0.6 is 0 Å². The average Bonchev–Trinajstić information content (AvgIpc) is 3.33. The number of aryl methyl sites for hydroxylation is 2. The van der Waals surface area contributed by atoms with Crippen molar-refractivity contribution in [3.63, 3.8) is 0 Å². The number of amides is 2. The molecule has 2 N–H and O–H groups in total. The van der Waals surface area contributed by atoms with Gasteiger partial charge >= 0.3 is 11.9 Å². The van der Waals surface area contributed by atoms with Crippen molar-refractivity contribution in [1.29, 1.82) is 0 Å². The summed E-state index contributed by atoms with van der Waals surface area (Å²) < 4.78 is 54.0. The number of nitrogens with zero attached hydrogens (tertiary/aromatic N) is 2. The Morgan fingerprint density at radius 1 is 1.26 bits per heavy atom. The van der Waals surface area contributed by atoms with Gasteiger partial charge in [-0.1, -0.05) is 0 Å². The lowest BCUT2D eigenvalue weighted by molar-refractivity contribution is -0.157. The van der Waals surface area contributed by atoms with Crippen LogP contribution < -0.4 is 14.8 Å². The molecule has 1 aromatic carbocycles. The minimum atomic E-state index is -4.13. The number of rotatable bonds is 2. The fourth-order valence-corrected chi connectivity index (χ4v) is 5.58. The van der Waals surface area contributed by atoms with Gasteiger partial charge in [0.2, 0.25) is 10.0 Å². The SMILES string of the molecule is COC(=O)C(=O)N1CC2COc3c(cn(C)c3C(=O)Nc3ccc(F)c(C)c3)S(=O)(=O)NC2C1. The number of likely N-dealkylation sites (tertiary alicyclic amines) is 1. The predicted molar refractivity (Wildman–Crippen MR) is 116 cm³/mol. The molecule has 3 heterocycles. The number of sulfonamides is 1. The number of methoxy groups -OCH3 is 1. The third-order valence-electron chi connectivity index (χ3n) is 5.86. The summed E-state index contributed by atoms with van der Waals surface area (Å²) in [7, 11) is -1.54. The first-order chi connectivity index (χ1) is 16.0. The van der Waals surface area contributed by atoms with Crippen molar-refractivity contribution in [1.82, 2.24) is 14.2 Å². The molecule has 34 heavy (non-hydrogen) atoms. The summed E-state index contributed by atoms with van der Waals surface area (Å²) in [5.74, 6) is -3.59. The number of hydrogen-bond acceptors (Lipinski definition) is 7. The van der Waals surface area contributed by atoms with E-state index < -0.39 is 45.6 Å². The lowest BCUT2D eigenvalue weighted by Crippen LogP contribution is -2.44. The predicted octanol–water partition coefficient (Wildman–Crippen LogP) is 0.396. The maximum atomic E-state index is 13.6. The van der Waals surface area contributed by atoms with E-state index in [2.05, 4.69) is 14.8 Å². The van der Waals surface area contributed by atoms with Crippen LogP contribution in [0.15, 0.2) is 29.3 Å². The molecule has 2 unspecified atom stereocenters. The molecule has 11 nitrogen and oxygen atoms in total. The van der Waals surface area contributed by atoms with Gasteiger partial charge in [0.15, 0.2) is 11.4 Å². The van der Waals surface area contributed by atoms with Crippen molar-refractivity contribution < 1.29 is 36.7 Å². The van der Waals surface area contributed by atoms with Crippen LogP contribution in [0.3, 0.4) is 0 Å². The number of halogens is 1. The lowest BCUT2D eigenvalue weighted by atomic mass is 10.1. The lowest BCUT2D eigenvalue weighted by Gasteiger charge is -2.23. The Kier molecular flexibility index (Phi) is 6.08. The molecule has 0 saturated carbocycles. The van der Waals surface area contributed by atoms with Gasteiger partial charge in [-0.2, -0.15) is 0 Å². The molecule has 2 amide bonds. The van der Waals surface area contributed by atoms with Gasteiger partial charge in [0.1, 0.15) is 10.7 Å². The normalized spacial score (nSPS) is 20.9. The molecule has 2 aliphatic rings. The molecule has 2 aliphatic heterocycles. The van der Waals surface area contributed by atoms with Crippen molar-refractivity contribution >= 4 is 33.5 Å². The minimum absolute atomic E-state index is 0.00884. The van der Waals surface area contributed by atoms with Crippen LogP contribution in [-0.4, -0.2) is 68.5 Å². The Morgan fingerprint density at radius 2 is 2.00 bits per heavy atom. The second-order valence-corrected chi connectivity index (χ2v) is 9.88. The quantitative estimate of drug-likeness (QED) is 0.456. The number of carbonyl (C=O) groups is 3. The molecule has 1 fully saturated rings. The smallest absolute Gasteiger partial charge is 0.396 e. The van der Waals surface area contributed by atoms with E-state index in [9.17, 15) is 27.2 Å². The number of fused-ring (bicyclic) bond motifs is 2. The molecule has 1 saturated heterocycles. The van der Waals surface area contributed by atoms with Gasteiger partial charge in [-0.05, 0) is 30.7 Å².